The van der Waals surface area contributed by atoms with E-state index in [4.69, 9.17) is 5.21 Å². The molecule has 0 aliphatic heterocycles. The minimum absolute atomic E-state index is 0.398. The average molecular weight is 243 g/mol. The van der Waals surface area contributed by atoms with Gasteiger partial charge in [-0.1, -0.05) is 17.3 Å². The molecule has 7 heteroatoms. The van der Waals surface area contributed by atoms with Crippen LogP contribution in [0.4, 0.5) is 5.69 Å². The Bertz CT molecular complexity index is 496. The van der Waals surface area contributed by atoms with E-state index in [-0.39, 0.29) is 0 Å². The molecule has 0 radical (unpaired) electrons. The van der Waals surface area contributed by atoms with Gasteiger partial charge in [0.2, 0.25) is 0 Å². The van der Waals surface area contributed by atoms with E-state index in [1.54, 1.807) is 31.2 Å². The normalized spacial score (nSPS) is 12.5. The van der Waals surface area contributed by atoms with Crippen molar-refractivity contribution in [3.63, 3.8) is 0 Å². The minimum Gasteiger partial charge on any atom is -0.411 e. The summed E-state index contributed by atoms with van der Waals surface area (Å²) in [7, 11) is -2.21. The average Bonchev–Trinajstić information content (AvgIpc) is 2.28. The van der Waals surface area contributed by atoms with Gasteiger partial charge in [-0.05, 0) is 19.1 Å². The SMILES string of the molecule is CNS(=O)(=O)Nc1cccc(/C(C)=N/O)c1. The minimum atomic E-state index is -3.52. The summed E-state index contributed by atoms with van der Waals surface area (Å²) in [5.74, 6) is 0. The van der Waals surface area contributed by atoms with Crippen molar-refractivity contribution in [3.8, 4) is 0 Å². The zero-order chi connectivity index (χ0) is 12.2. The van der Waals surface area contributed by atoms with Gasteiger partial charge in [-0.15, -0.1) is 0 Å². The first-order valence-corrected chi connectivity index (χ1v) is 5.97. The van der Waals surface area contributed by atoms with E-state index in [9.17, 15) is 8.42 Å². The topological polar surface area (TPSA) is 90.8 Å². The lowest BCUT2D eigenvalue weighted by molar-refractivity contribution is 0.319. The van der Waals surface area contributed by atoms with E-state index in [1.807, 2.05) is 0 Å². The highest BCUT2D eigenvalue weighted by Gasteiger charge is 2.07. The van der Waals surface area contributed by atoms with Gasteiger partial charge in [-0.25, -0.2) is 4.72 Å². The first-order valence-electron chi connectivity index (χ1n) is 4.49. The maximum Gasteiger partial charge on any atom is 0.298 e. The van der Waals surface area contributed by atoms with Crippen molar-refractivity contribution >= 4 is 21.6 Å². The third kappa shape index (κ3) is 3.21. The van der Waals surface area contributed by atoms with Crippen molar-refractivity contribution in [1.29, 1.82) is 0 Å². The highest BCUT2D eigenvalue weighted by Crippen LogP contribution is 2.12. The zero-order valence-corrected chi connectivity index (χ0v) is 9.75. The lowest BCUT2D eigenvalue weighted by Crippen LogP contribution is -2.26. The second-order valence-electron chi connectivity index (χ2n) is 3.08. The predicted molar refractivity (Wildman–Crippen MR) is 62.0 cm³/mol. The Hall–Kier alpha value is -1.60. The summed E-state index contributed by atoms with van der Waals surface area (Å²) in [6.07, 6.45) is 0. The molecule has 0 heterocycles. The standard InChI is InChI=1S/C9H13N3O3S/c1-7(11-13)8-4-3-5-9(6-8)12-16(14,15)10-2/h3-6,10,12-13H,1-2H3/b11-7+. The van der Waals surface area contributed by atoms with E-state index >= 15 is 0 Å². The van der Waals surface area contributed by atoms with Crippen molar-refractivity contribution in [2.75, 3.05) is 11.8 Å². The van der Waals surface area contributed by atoms with Gasteiger partial charge in [0.1, 0.15) is 0 Å². The number of nitrogens with one attached hydrogen (secondary N) is 2. The van der Waals surface area contributed by atoms with E-state index in [0.717, 1.165) is 0 Å². The fourth-order valence-electron chi connectivity index (χ4n) is 1.07. The first kappa shape index (κ1) is 12.5. The van der Waals surface area contributed by atoms with Crippen LogP contribution in [0.15, 0.2) is 29.4 Å². The van der Waals surface area contributed by atoms with Crippen molar-refractivity contribution < 1.29 is 13.6 Å². The lowest BCUT2D eigenvalue weighted by Gasteiger charge is -2.07. The Labute approximate surface area is 94.2 Å². The van der Waals surface area contributed by atoms with Crippen LogP contribution in [0.2, 0.25) is 0 Å². The molecule has 0 aliphatic rings. The molecule has 6 nitrogen and oxygen atoms in total. The van der Waals surface area contributed by atoms with E-state index < -0.39 is 10.2 Å². The summed E-state index contributed by atoms with van der Waals surface area (Å²) < 4.78 is 26.9. The van der Waals surface area contributed by atoms with Crippen LogP contribution in [0.25, 0.3) is 0 Å². The van der Waals surface area contributed by atoms with Crippen LogP contribution in [0.3, 0.4) is 0 Å². The number of hydrogen-bond acceptors (Lipinski definition) is 4. The molecule has 0 amide bonds. The molecule has 0 spiro atoms. The molecule has 1 aromatic rings. The fourth-order valence-corrected chi connectivity index (χ4v) is 1.61. The number of rotatable bonds is 4. The summed E-state index contributed by atoms with van der Waals surface area (Å²) in [5, 5.41) is 11.6. The van der Waals surface area contributed by atoms with Crippen molar-refractivity contribution in [2.24, 2.45) is 5.16 Å². The first-order chi connectivity index (χ1) is 7.48. The van der Waals surface area contributed by atoms with E-state index in [0.29, 0.717) is 17.0 Å². The molecule has 1 aromatic carbocycles. The molecule has 0 aromatic heterocycles. The van der Waals surface area contributed by atoms with Gasteiger partial charge in [-0.2, -0.15) is 8.42 Å². The Kier molecular flexibility index (Phi) is 3.86. The summed E-state index contributed by atoms with van der Waals surface area (Å²) in [6, 6.07) is 6.55. The summed E-state index contributed by atoms with van der Waals surface area (Å²) in [4.78, 5) is 0. The summed E-state index contributed by atoms with van der Waals surface area (Å²) in [5.41, 5.74) is 1.44. The molecular weight excluding hydrogens is 230 g/mol. The largest absolute Gasteiger partial charge is 0.411 e. The van der Waals surface area contributed by atoms with Crippen molar-refractivity contribution in [2.45, 2.75) is 6.92 Å². The maximum atomic E-state index is 11.2. The quantitative estimate of drug-likeness (QED) is 0.414. The lowest BCUT2D eigenvalue weighted by atomic mass is 10.1. The molecule has 0 unspecified atom stereocenters. The molecule has 16 heavy (non-hydrogen) atoms. The molecule has 3 N–H and O–H groups in total. The predicted octanol–water partition coefficient (Wildman–Crippen LogP) is 0.761. The molecular formula is C9H13N3O3S. The molecule has 0 bridgehead atoms. The molecule has 0 atom stereocenters. The molecule has 0 saturated heterocycles. The van der Waals surface area contributed by atoms with Gasteiger partial charge in [0.15, 0.2) is 0 Å². The van der Waals surface area contributed by atoms with Gasteiger partial charge < -0.3 is 5.21 Å². The van der Waals surface area contributed by atoms with Crippen LogP contribution in [0, 0.1) is 0 Å². The number of nitrogens with zero attached hydrogens (tertiary/aromatic N) is 1. The van der Waals surface area contributed by atoms with E-state index in [2.05, 4.69) is 14.6 Å². The Morgan fingerprint density at radius 3 is 2.69 bits per heavy atom. The Morgan fingerprint density at radius 1 is 1.44 bits per heavy atom. The monoisotopic (exact) mass is 243 g/mol. The van der Waals surface area contributed by atoms with Crippen LogP contribution < -0.4 is 9.44 Å². The number of anilines is 1. The summed E-state index contributed by atoms with van der Waals surface area (Å²) in [6.45, 7) is 1.62. The van der Waals surface area contributed by atoms with E-state index in [1.165, 1.54) is 7.05 Å². The smallest absolute Gasteiger partial charge is 0.298 e. The number of oxime groups is 1. The molecule has 1 rings (SSSR count). The van der Waals surface area contributed by atoms with Gasteiger partial charge in [0, 0.05) is 12.6 Å². The van der Waals surface area contributed by atoms with Crippen LogP contribution in [0.1, 0.15) is 12.5 Å². The second kappa shape index (κ2) is 4.95. The van der Waals surface area contributed by atoms with Crippen LogP contribution >= 0.6 is 0 Å². The van der Waals surface area contributed by atoms with Crippen molar-refractivity contribution in [1.82, 2.24) is 4.72 Å². The molecule has 0 fully saturated rings. The van der Waals surface area contributed by atoms with Gasteiger partial charge >= 0.3 is 0 Å². The second-order valence-corrected chi connectivity index (χ2v) is 4.70. The van der Waals surface area contributed by atoms with Crippen LogP contribution in [-0.2, 0) is 10.2 Å². The Morgan fingerprint density at radius 2 is 2.12 bits per heavy atom. The molecule has 88 valence electrons. The molecule has 0 saturated carbocycles. The fraction of sp³-hybridized carbons (Fsp3) is 0.222. The van der Waals surface area contributed by atoms with Gasteiger partial charge in [0.05, 0.1) is 11.4 Å². The van der Waals surface area contributed by atoms with Crippen molar-refractivity contribution in [3.05, 3.63) is 29.8 Å². The van der Waals surface area contributed by atoms with Gasteiger partial charge in [-0.3, -0.25) is 4.72 Å². The zero-order valence-electron chi connectivity index (χ0n) is 8.93. The number of hydrogen-bond donors (Lipinski definition) is 3. The third-order valence-electron chi connectivity index (χ3n) is 1.95. The summed E-state index contributed by atoms with van der Waals surface area (Å²) >= 11 is 0. The van der Waals surface area contributed by atoms with Crippen LogP contribution in [-0.4, -0.2) is 26.4 Å². The maximum absolute atomic E-state index is 11.2. The van der Waals surface area contributed by atoms with Crippen LogP contribution in [0.5, 0.6) is 0 Å². The Balaban J connectivity index is 3.00. The molecule has 0 aliphatic carbocycles. The third-order valence-corrected chi connectivity index (χ3v) is 2.99. The number of benzene rings is 1. The highest BCUT2D eigenvalue weighted by atomic mass is 32.2. The van der Waals surface area contributed by atoms with Gasteiger partial charge in [0.25, 0.3) is 10.2 Å². The highest BCUT2D eigenvalue weighted by molar-refractivity contribution is 7.90.